The fourth-order valence-electron chi connectivity index (χ4n) is 2.15. The molecule has 2 N–H and O–H groups in total. The molecule has 0 aliphatic carbocycles. The topological polar surface area (TPSA) is 29.3 Å². The highest BCUT2D eigenvalue weighted by Crippen LogP contribution is 2.18. The first-order valence-electron chi connectivity index (χ1n) is 6.01. The maximum absolute atomic E-state index is 6.26. The number of anilines is 1. The van der Waals surface area contributed by atoms with Crippen LogP contribution in [0.1, 0.15) is 32.3 Å². The SMILES string of the molecule is CCCC(C)(N)CN(C)c1cccc(C)c1. The van der Waals surface area contributed by atoms with E-state index < -0.39 is 0 Å². The van der Waals surface area contributed by atoms with Crippen molar-refractivity contribution >= 4 is 5.69 Å². The Bertz CT molecular complexity index is 331. The van der Waals surface area contributed by atoms with Crippen LogP contribution in [0, 0.1) is 6.92 Å². The van der Waals surface area contributed by atoms with E-state index in [1.54, 1.807) is 0 Å². The van der Waals surface area contributed by atoms with Crippen molar-refractivity contribution in [1.82, 2.24) is 0 Å². The van der Waals surface area contributed by atoms with Crippen molar-refractivity contribution in [1.29, 1.82) is 0 Å². The molecule has 1 aromatic rings. The highest BCUT2D eigenvalue weighted by molar-refractivity contribution is 5.48. The molecular formula is C14H24N2. The zero-order valence-corrected chi connectivity index (χ0v) is 11.0. The fourth-order valence-corrected chi connectivity index (χ4v) is 2.15. The summed E-state index contributed by atoms with van der Waals surface area (Å²) in [6.07, 6.45) is 2.19. The molecule has 0 radical (unpaired) electrons. The number of hydrogen-bond donors (Lipinski definition) is 1. The van der Waals surface area contributed by atoms with Gasteiger partial charge >= 0.3 is 0 Å². The van der Waals surface area contributed by atoms with Gasteiger partial charge in [-0.05, 0) is 38.0 Å². The molecule has 0 aromatic heterocycles. The maximum Gasteiger partial charge on any atom is 0.0366 e. The fraction of sp³-hybridized carbons (Fsp3) is 0.571. The minimum Gasteiger partial charge on any atom is -0.373 e. The van der Waals surface area contributed by atoms with Crippen LogP contribution >= 0.6 is 0 Å². The van der Waals surface area contributed by atoms with E-state index in [1.807, 2.05) is 0 Å². The highest BCUT2D eigenvalue weighted by Gasteiger charge is 2.19. The van der Waals surface area contributed by atoms with Crippen molar-refractivity contribution in [2.75, 3.05) is 18.5 Å². The summed E-state index contributed by atoms with van der Waals surface area (Å²) in [5.41, 5.74) is 8.69. The molecule has 0 bridgehead atoms. The van der Waals surface area contributed by atoms with Crippen LogP contribution in [0.2, 0.25) is 0 Å². The Morgan fingerprint density at radius 1 is 1.38 bits per heavy atom. The third kappa shape index (κ3) is 3.86. The van der Waals surface area contributed by atoms with Crippen molar-refractivity contribution in [2.24, 2.45) is 5.73 Å². The van der Waals surface area contributed by atoms with E-state index in [9.17, 15) is 0 Å². The Labute approximate surface area is 99.5 Å². The van der Waals surface area contributed by atoms with Gasteiger partial charge in [-0.25, -0.2) is 0 Å². The van der Waals surface area contributed by atoms with E-state index in [2.05, 4.69) is 57.0 Å². The molecule has 0 saturated carbocycles. The summed E-state index contributed by atoms with van der Waals surface area (Å²) in [6.45, 7) is 7.32. The van der Waals surface area contributed by atoms with Gasteiger partial charge in [0.05, 0.1) is 0 Å². The third-order valence-electron chi connectivity index (χ3n) is 2.86. The lowest BCUT2D eigenvalue weighted by Crippen LogP contribution is -2.46. The second kappa shape index (κ2) is 5.35. The van der Waals surface area contributed by atoms with Gasteiger partial charge in [-0.15, -0.1) is 0 Å². The quantitative estimate of drug-likeness (QED) is 0.826. The lowest BCUT2D eigenvalue weighted by atomic mass is 9.97. The minimum absolute atomic E-state index is 0.104. The molecule has 1 aromatic carbocycles. The number of aryl methyl sites for hydroxylation is 1. The Morgan fingerprint density at radius 2 is 2.06 bits per heavy atom. The van der Waals surface area contributed by atoms with Crippen LogP contribution in [0.3, 0.4) is 0 Å². The molecule has 2 heteroatoms. The van der Waals surface area contributed by atoms with Crippen LogP contribution < -0.4 is 10.6 Å². The predicted octanol–water partition coefficient (Wildman–Crippen LogP) is 2.95. The van der Waals surface area contributed by atoms with Gasteiger partial charge in [0.15, 0.2) is 0 Å². The minimum atomic E-state index is -0.104. The lowest BCUT2D eigenvalue weighted by Gasteiger charge is -2.31. The normalized spacial score (nSPS) is 14.6. The lowest BCUT2D eigenvalue weighted by molar-refractivity contribution is 0.430. The molecule has 0 saturated heterocycles. The van der Waals surface area contributed by atoms with Gasteiger partial charge in [0.1, 0.15) is 0 Å². The van der Waals surface area contributed by atoms with Gasteiger partial charge < -0.3 is 10.6 Å². The highest BCUT2D eigenvalue weighted by atomic mass is 15.1. The number of nitrogens with two attached hydrogens (primary N) is 1. The van der Waals surface area contributed by atoms with Crippen molar-refractivity contribution in [2.45, 2.75) is 39.2 Å². The standard InChI is InChI=1S/C14H24N2/c1-5-9-14(3,15)11-16(4)13-8-6-7-12(2)10-13/h6-8,10H,5,9,11,15H2,1-4H3. The molecule has 2 nitrogen and oxygen atoms in total. The summed E-state index contributed by atoms with van der Waals surface area (Å²) in [4.78, 5) is 2.24. The van der Waals surface area contributed by atoms with Gasteiger partial charge in [-0.1, -0.05) is 25.5 Å². The Morgan fingerprint density at radius 3 is 2.62 bits per heavy atom. The number of hydrogen-bond acceptors (Lipinski definition) is 2. The smallest absolute Gasteiger partial charge is 0.0366 e. The molecule has 0 aliphatic heterocycles. The summed E-state index contributed by atoms with van der Waals surface area (Å²) in [7, 11) is 2.11. The number of likely N-dealkylation sites (N-methyl/N-ethyl adjacent to an activating group) is 1. The van der Waals surface area contributed by atoms with Crippen molar-refractivity contribution in [3.05, 3.63) is 29.8 Å². The molecule has 1 unspecified atom stereocenters. The second-order valence-electron chi connectivity index (χ2n) is 5.10. The van der Waals surface area contributed by atoms with Crippen LogP contribution in [0.25, 0.3) is 0 Å². The molecule has 0 fully saturated rings. The molecular weight excluding hydrogens is 196 g/mol. The first-order chi connectivity index (χ1) is 7.44. The number of benzene rings is 1. The molecule has 0 heterocycles. The Balaban J connectivity index is 2.68. The molecule has 1 atom stereocenters. The predicted molar refractivity (Wildman–Crippen MR) is 71.9 cm³/mol. The summed E-state index contributed by atoms with van der Waals surface area (Å²) >= 11 is 0. The van der Waals surface area contributed by atoms with Crippen molar-refractivity contribution in [3.8, 4) is 0 Å². The van der Waals surface area contributed by atoms with E-state index in [0.29, 0.717) is 0 Å². The van der Waals surface area contributed by atoms with Crippen molar-refractivity contribution < 1.29 is 0 Å². The molecule has 90 valence electrons. The average molecular weight is 220 g/mol. The summed E-state index contributed by atoms with van der Waals surface area (Å²) < 4.78 is 0. The first-order valence-corrected chi connectivity index (χ1v) is 6.01. The van der Waals surface area contributed by atoms with Gasteiger partial charge in [-0.3, -0.25) is 0 Å². The first kappa shape index (κ1) is 13.0. The van der Waals surface area contributed by atoms with Crippen LogP contribution in [0.15, 0.2) is 24.3 Å². The summed E-state index contributed by atoms with van der Waals surface area (Å²) in [6, 6.07) is 8.54. The monoisotopic (exact) mass is 220 g/mol. The summed E-state index contributed by atoms with van der Waals surface area (Å²) in [5.74, 6) is 0. The molecule has 16 heavy (non-hydrogen) atoms. The van der Waals surface area contributed by atoms with E-state index in [4.69, 9.17) is 5.73 Å². The maximum atomic E-state index is 6.26. The van der Waals surface area contributed by atoms with Gasteiger partial charge in [-0.2, -0.15) is 0 Å². The Hall–Kier alpha value is -1.02. The van der Waals surface area contributed by atoms with Gasteiger partial charge in [0.25, 0.3) is 0 Å². The zero-order valence-electron chi connectivity index (χ0n) is 11.0. The summed E-state index contributed by atoms with van der Waals surface area (Å²) in [5, 5.41) is 0. The number of rotatable bonds is 5. The van der Waals surface area contributed by atoms with Crippen LogP contribution in [0.5, 0.6) is 0 Å². The van der Waals surface area contributed by atoms with Crippen LogP contribution in [0.4, 0.5) is 5.69 Å². The third-order valence-corrected chi connectivity index (χ3v) is 2.86. The zero-order chi connectivity index (χ0) is 12.2. The largest absolute Gasteiger partial charge is 0.373 e. The molecule has 1 rings (SSSR count). The molecule has 0 aliphatic rings. The van der Waals surface area contributed by atoms with Gasteiger partial charge in [0, 0.05) is 24.8 Å². The van der Waals surface area contributed by atoms with E-state index in [0.717, 1.165) is 19.4 Å². The van der Waals surface area contributed by atoms with E-state index in [1.165, 1.54) is 11.3 Å². The Kier molecular flexibility index (Phi) is 4.36. The molecule has 0 spiro atoms. The second-order valence-corrected chi connectivity index (χ2v) is 5.10. The number of nitrogens with zero attached hydrogens (tertiary/aromatic N) is 1. The van der Waals surface area contributed by atoms with Gasteiger partial charge in [0.2, 0.25) is 0 Å². The van der Waals surface area contributed by atoms with E-state index in [-0.39, 0.29) is 5.54 Å². The molecule has 0 amide bonds. The van der Waals surface area contributed by atoms with Crippen molar-refractivity contribution in [3.63, 3.8) is 0 Å². The van der Waals surface area contributed by atoms with E-state index >= 15 is 0 Å². The van der Waals surface area contributed by atoms with Crippen LogP contribution in [-0.4, -0.2) is 19.1 Å². The average Bonchev–Trinajstić information content (AvgIpc) is 2.16. The van der Waals surface area contributed by atoms with Crippen LogP contribution in [-0.2, 0) is 0 Å².